The van der Waals surface area contributed by atoms with Crippen LogP contribution in [0.25, 0.3) is 0 Å². The number of amides is 2. The lowest BCUT2D eigenvalue weighted by atomic mass is 10.1. The first-order chi connectivity index (χ1) is 7.56. The molecule has 0 spiro atoms. The number of hydrogen-bond donors (Lipinski definition) is 0. The van der Waals surface area contributed by atoms with Crippen molar-refractivity contribution in [2.45, 2.75) is 20.3 Å². The third-order valence-corrected chi connectivity index (χ3v) is 2.47. The van der Waals surface area contributed by atoms with Gasteiger partial charge < -0.3 is 4.74 Å². The fraction of sp³-hybridized carbons (Fsp3) is 0.545. The number of rotatable bonds is 5. The van der Waals surface area contributed by atoms with Crippen molar-refractivity contribution in [3.05, 3.63) is 12.2 Å². The quantitative estimate of drug-likeness (QED) is 0.505. The second-order valence-corrected chi connectivity index (χ2v) is 3.64. The van der Waals surface area contributed by atoms with E-state index in [9.17, 15) is 14.4 Å². The summed E-state index contributed by atoms with van der Waals surface area (Å²) in [6.45, 7) is 3.84. The fourth-order valence-corrected chi connectivity index (χ4v) is 1.20. The second kappa shape index (κ2) is 5.44. The average Bonchev–Trinajstić information content (AvgIpc) is 2.59. The predicted molar refractivity (Wildman–Crippen MR) is 56.3 cm³/mol. The first-order valence-corrected chi connectivity index (χ1v) is 5.26. The third-order valence-electron chi connectivity index (χ3n) is 2.47. The molecule has 0 aromatic carbocycles. The molecule has 0 N–H and O–H groups in total. The molecule has 0 aromatic heterocycles. The smallest absolute Gasteiger partial charge is 0.308 e. The van der Waals surface area contributed by atoms with Crippen LogP contribution in [-0.2, 0) is 19.1 Å². The van der Waals surface area contributed by atoms with Gasteiger partial charge in [-0.3, -0.25) is 19.3 Å². The average molecular weight is 225 g/mol. The van der Waals surface area contributed by atoms with E-state index in [1.165, 1.54) is 12.2 Å². The van der Waals surface area contributed by atoms with E-state index >= 15 is 0 Å². The standard InChI is InChI=1S/C11H15NO4/c1-3-8(2)11(15)16-7-6-12-9(13)4-5-10(12)14/h4-5,8H,3,6-7H2,1-2H3. The molecule has 1 rings (SSSR count). The second-order valence-electron chi connectivity index (χ2n) is 3.64. The number of esters is 1. The summed E-state index contributed by atoms with van der Waals surface area (Å²) >= 11 is 0. The van der Waals surface area contributed by atoms with E-state index in [1.807, 2.05) is 6.92 Å². The van der Waals surface area contributed by atoms with E-state index in [4.69, 9.17) is 4.74 Å². The molecule has 1 heterocycles. The lowest BCUT2D eigenvalue weighted by Crippen LogP contribution is -2.34. The van der Waals surface area contributed by atoms with Crippen molar-refractivity contribution in [2.75, 3.05) is 13.2 Å². The maximum atomic E-state index is 11.3. The van der Waals surface area contributed by atoms with Crippen LogP contribution in [0.4, 0.5) is 0 Å². The summed E-state index contributed by atoms with van der Waals surface area (Å²) in [5.41, 5.74) is 0. The van der Waals surface area contributed by atoms with Crippen LogP contribution in [0, 0.1) is 5.92 Å². The molecule has 1 atom stereocenters. The van der Waals surface area contributed by atoms with Gasteiger partial charge in [0, 0.05) is 12.2 Å². The summed E-state index contributed by atoms with van der Waals surface area (Å²) in [5.74, 6) is -1.16. The maximum absolute atomic E-state index is 11.3. The Bertz CT molecular complexity index is 317. The zero-order valence-electron chi connectivity index (χ0n) is 9.43. The summed E-state index contributed by atoms with van der Waals surface area (Å²) < 4.78 is 4.94. The Kier molecular flexibility index (Phi) is 4.22. The fourth-order valence-electron chi connectivity index (χ4n) is 1.20. The topological polar surface area (TPSA) is 63.7 Å². The molecule has 16 heavy (non-hydrogen) atoms. The molecule has 0 saturated carbocycles. The van der Waals surface area contributed by atoms with Crippen LogP contribution in [0.3, 0.4) is 0 Å². The predicted octanol–water partition coefficient (Wildman–Crippen LogP) is 0.501. The van der Waals surface area contributed by atoms with Gasteiger partial charge in [-0.25, -0.2) is 0 Å². The van der Waals surface area contributed by atoms with Crippen LogP contribution in [0.1, 0.15) is 20.3 Å². The molecule has 5 nitrogen and oxygen atoms in total. The molecule has 0 saturated heterocycles. The number of nitrogens with zero attached hydrogens (tertiary/aromatic N) is 1. The van der Waals surface area contributed by atoms with Gasteiger partial charge in [-0.15, -0.1) is 0 Å². The highest BCUT2D eigenvalue weighted by Gasteiger charge is 2.23. The first kappa shape index (κ1) is 12.4. The molecule has 2 amide bonds. The summed E-state index contributed by atoms with van der Waals surface area (Å²) in [7, 11) is 0. The van der Waals surface area contributed by atoms with Gasteiger partial charge in [-0.05, 0) is 6.42 Å². The zero-order chi connectivity index (χ0) is 12.1. The van der Waals surface area contributed by atoms with Crippen molar-refractivity contribution in [2.24, 2.45) is 5.92 Å². The lowest BCUT2D eigenvalue weighted by molar-refractivity contribution is -0.150. The van der Waals surface area contributed by atoms with Crippen LogP contribution >= 0.6 is 0 Å². The van der Waals surface area contributed by atoms with Crippen LogP contribution in [-0.4, -0.2) is 35.8 Å². The molecule has 88 valence electrons. The van der Waals surface area contributed by atoms with E-state index in [0.29, 0.717) is 6.42 Å². The molecule has 0 bridgehead atoms. The molecule has 1 unspecified atom stereocenters. The van der Waals surface area contributed by atoms with Crippen molar-refractivity contribution in [1.82, 2.24) is 4.90 Å². The van der Waals surface area contributed by atoms with Crippen LogP contribution in [0.15, 0.2) is 12.2 Å². The summed E-state index contributed by atoms with van der Waals surface area (Å²) in [5, 5.41) is 0. The minimum Gasteiger partial charge on any atom is -0.464 e. The Labute approximate surface area is 94.1 Å². The summed E-state index contributed by atoms with van der Waals surface area (Å²) in [6, 6.07) is 0. The van der Waals surface area contributed by atoms with E-state index in [0.717, 1.165) is 4.90 Å². The van der Waals surface area contributed by atoms with Gasteiger partial charge in [0.2, 0.25) is 0 Å². The van der Waals surface area contributed by atoms with Crippen molar-refractivity contribution in [1.29, 1.82) is 0 Å². The highest BCUT2D eigenvalue weighted by Crippen LogP contribution is 2.05. The molecule has 0 radical (unpaired) electrons. The monoisotopic (exact) mass is 225 g/mol. The van der Waals surface area contributed by atoms with Gasteiger partial charge >= 0.3 is 5.97 Å². The minimum atomic E-state index is -0.357. The minimum absolute atomic E-state index is 0.0579. The van der Waals surface area contributed by atoms with Crippen molar-refractivity contribution >= 4 is 17.8 Å². The van der Waals surface area contributed by atoms with Gasteiger partial charge in [0.1, 0.15) is 6.61 Å². The first-order valence-electron chi connectivity index (χ1n) is 5.26. The Hall–Kier alpha value is -1.65. The summed E-state index contributed by atoms with van der Waals surface area (Å²) in [6.07, 6.45) is 3.12. The van der Waals surface area contributed by atoms with Gasteiger partial charge in [0.15, 0.2) is 0 Å². The molecule has 5 heteroatoms. The number of carbonyl (C=O) groups excluding carboxylic acids is 3. The zero-order valence-corrected chi connectivity index (χ0v) is 9.43. The Morgan fingerprint density at radius 1 is 1.38 bits per heavy atom. The number of carbonyl (C=O) groups is 3. The van der Waals surface area contributed by atoms with E-state index in [-0.39, 0.29) is 36.9 Å². The molecular formula is C11H15NO4. The summed E-state index contributed by atoms with van der Waals surface area (Å²) in [4.78, 5) is 34.6. The van der Waals surface area contributed by atoms with Crippen molar-refractivity contribution in [3.63, 3.8) is 0 Å². The van der Waals surface area contributed by atoms with Gasteiger partial charge in [-0.1, -0.05) is 13.8 Å². The maximum Gasteiger partial charge on any atom is 0.308 e. The van der Waals surface area contributed by atoms with E-state index < -0.39 is 0 Å². The Balaban J connectivity index is 2.29. The van der Waals surface area contributed by atoms with Gasteiger partial charge in [0.05, 0.1) is 12.5 Å². The lowest BCUT2D eigenvalue weighted by Gasteiger charge is -2.14. The number of ether oxygens (including phenoxy) is 1. The SMILES string of the molecule is CCC(C)C(=O)OCCN1C(=O)C=CC1=O. The molecule has 1 aliphatic heterocycles. The molecule has 1 aliphatic rings. The largest absolute Gasteiger partial charge is 0.464 e. The van der Waals surface area contributed by atoms with Crippen LogP contribution in [0.5, 0.6) is 0 Å². The normalized spacial score (nSPS) is 16.8. The van der Waals surface area contributed by atoms with Crippen molar-refractivity contribution in [3.8, 4) is 0 Å². The third kappa shape index (κ3) is 2.92. The molecular weight excluding hydrogens is 210 g/mol. The highest BCUT2D eigenvalue weighted by atomic mass is 16.5. The highest BCUT2D eigenvalue weighted by molar-refractivity contribution is 6.12. The molecule has 0 aliphatic carbocycles. The van der Waals surface area contributed by atoms with Gasteiger partial charge in [0.25, 0.3) is 11.8 Å². The van der Waals surface area contributed by atoms with Gasteiger partial charge in [-0.2, -0.15) is 0 Å². The van der Waals surface area contributed by atoms with Crippen LogP contribution < -0.4 is 0 Å². The van der Waals surface area contributed by atoms with Crippen LogP contribution in [0.2, 0.25) is 0 Å². The van der Waals surface area contributed by atoms with E-state index in [2.05, 4.69) is 0 Å². The number of imide groups is 1. The number of hydrogen-bond acceptors (Lipinski definition) is 4. The van der Waals surface area contributed by atoms with Crippen molar-refractivity contribution < 1.29 is 19.1 Å². The van der Waals surface area contributed by atoms with E-state index in [1.54, 1.807) is 6.92 Å². The molecule has 0 aromatic rings. The Morgan fingerprint density at radius 3 is 2.44 bits per heavy atom. The Morgan fingerprint density at radius 2 is 1.94 bits per heavy atom. The molecule has 0 fully saturated rings.